The van der Waals surface area contributed by atoms with E-state index in [2.05, 4.69) is 21.2 Å². The summed E-state index contributed by atoms with van der Waals surface area (Å²) in [4.78, 5) is 11.8. The standard InChI is InChI=1S/C14H21BrN2O3S.ClH/c1-11(16)8-9-17-14(18)3-2-10-21(19,20)13-6-4-12(15)5-7-13;/h4-7,11H,2-3,8-10,16H2,1H3,(H,17,18);1H. The fraction of sp³-hybridized carbons (Fsp3) is 0.500. The Morgan fingerprint density at radius 2 is 1.91 bits per heavy atom. The molecular weight excluding hydrogens is 392 g/mol. The summed E-state index contributed by atoms with van der Waals surface area (Å²) in [5.74, 6) is -0.170. The Bertz CT molecular complexity index is 562. The molecule has 1 amide bonds. The Hall–Kier alpha value is -0.630. The van der Waals surface area contributed by atoms with Crippen molar-refractivity contribution >= 4 is 44.1 Å². The lowest BCUT2D eigenvalue weighted by Gasteiger charge is -2.07. The molecule has 22 heavy (non-hydrogen) atoms. The van der Waals surface area contributed by atoms with Crippen LogP contribution in [0, 0.1) is 0 Å². The summed E-state index contributed by atoms with van der Waals surface area (Å²) < 4.78 is 25.0. The van der Waals surface area contributed by atoms with Crippen molar-refractivity contribution in [2.45, 2.75) is 37.1 Å². The minimum Gasteiger partial charge on any atom is -0.356 e. The number of halogens is 2. The second kappa shape index (κ2) is 10.2. The molecule has 1 aromatic carbocycles. The molecule has 0 heterocycles. The molecule has 1 aromatic rings. The molecule has 0 saturated carbocycles. The summed E-state index contributed by atoms with van der Waals surface area (Å²) in [6.45, 7) is 2.40. The number of rotatable bonds is 8. The smallest absolute Gasteiger partial charge is 0.220 e. The molecule has 0 radical (unpaired) electrons. The van der Waals surface area contributed by atoms with Crippen LogP contribution in [0.5, 0.6) is 0 Å². The number of carbonyl (C=O) groups is 1. The zero-order chi connectivity index (χ0) is 15.9. The fourth-order valence-corrected chi connectivity index (χ4v) is 3.29. The molecule has 0 aromatic heterocycles. The van der Waals surface area contributed by atoms with Crippen LogP contribution in [0.15, 0.2) is 33.6 Å². The molecular formula is C14H22BrClN2O3S. The number of benzene rings is 1. The maximum absolute atomic E-state index is 12.1. The van der Waals surface area contributed by atoms with Gasteiger partial charge in [-0.05, 0) is 44.0 Å². The number of nitrogens with two attached hydrogens (primary N) is 1. The summed E-state index contributed by atoms with van der Waals surface area (Å²) in [6.07, 6.45) is 1.22. The third-order valence-corrected chi connectivity index (χ3v) is 5.26. The predicted octanol–water partition coefficient (Wildman–Crippen LogP) is 2.28. The first-order chi connectivity index (χ1) is 9.81. The van der Waals surface area contributed by atoms with Crippen LogP contribution in [0.2, 0.25) is 0 Å². The lowest BCUT2D eigenvalue weighted by atomic mass is 10.2. The van der Waals surface area contributed by atoms with Crippen molar-refractivity contribution in [3.63, 3.8) is 0 Å². The van der Waals surface area contributed by atoms with Gasteiger partial charge in [-0.1, -0.05) is 15.9 Å². The zero-order valence-electron chi connectivity index (χ0n) is 12.4. The van der Waals surface area contributed by atoms with Crippen molar-refractivity contribution in [2.24, 2.45) is 5.73 Å². The van der Waals surface area contributed by atoms with Crippen LogP contribution in [0.1, 0.15) is 26.2 Å². The van der Waals surface area contributed by atoms with Gasteiger partial charge in [0.25, 0.3) is 0 Å². The van der Waals surface area contributed by atoms with E-state index < -0.39 is 9.84 Å². The first kappa shape index (κ1) is 21.4. The average Bonchev–Trinajstić information content (AvgIpc) is 2.38. The largest absolute Gasteiger partial charge is 0.356 e. The van der Waals surface area contributed by atoms with Crippen LogP contribution < -0.4 is 11.1 Å². The van der Waals surface area contributed by atoms with Crippen LogP contribution >= 0.6 is 28.3 Å². The highest BCUT2D eigenvalue weighted by atomic mass is 79.9. The van der Waals surface area contributed by atoms with Gasteiger partial charge < -0.3 is 11.1 Å². The molecule has 0 aliphatic heterocycles. The Morgan fingerprint density at radius 3 is 2.45 bits per heavy atom. The highest BCUT2D eigenvalue weighted by molar-refractivity contribution is 9.10. The van der Waals surface area contributed by atoms with Crippen LogP contribution in [-0.4, -0.2) is 32.7 Å². The van der Waals surface area contributed by atoms with E-state index in [0.29, 0.717) is 19.4 Å². The summed E-state index contributed by atoms with van der Waals surface area (Å²) in [7, 11) is -3.33. The van der Waals surface area contributed by atoms with Gasteiger partial charge in [-0.15, -0.1) is 12.4 Å². The fourth-order valence-electron chi connectivity index (χ4n) is 1.71. The Morgan fingerprint density at radius 1 is 1.32 bits per heavy atom. The van der Waals surface area contributed by atoms with E-state index in [-0.39, 0.29) is 41.4 Å². The Kier molecular flexibility index (Phi) is 9.91. The Labute approximate surface area is 146 Å². The minimum absolute atomic E-state index is 0. The van der Waals surface area contributed by atoms with Gasteiger partial charge in [-0.25, -0.2) is 8.42 Å². The number of sulfone groups is 1. The molecule has 8 heteroatoms. The quantitative estimate of drug-likeness (QED) is 0.684. The summed E-state index contributed by atoms with van der Waals surface area (Å²) >= 11 is 3.26. The Balaban J connectivity index is 0.00000441. The lowest BCUT2D eigenvalue weighted by Crippen LogP contribution is -2.29. The van der Waals surface area contributed by atoms with Crippen molar-refractivity contribution in [1.82, 2.24) is 5.32 Å². The number of amides is 1. The summed E-state index contributed by atoms with van der Waals surface area (Å²) in [5.41, 5.74) is 5.58. The predicted molar refractivity (Wildman–Crippen MR) is 94.0 cm³/mol. The van der Waals surface area contributed by atoms with Crippen molar-refractivity contribution in [3.05, 3.63) is 28.7 Å². The van der Waals surface area contributed by atoms with Crippen molar-refractivity contribution in [1.29, 1.82) is 0 Å². The zero-order valence-corrected chi connectivity index (χ0v) is 15.6. The van der Waals surface area contributed by atoms with Crippen molar-refractivity contribution in [3.8, 4) is 0 Å². The lowest BCUT2D eigenvalue weighted by molar-refractivity contribution is -0.121. The van der Waals surface area contributed by atoms with Crippen LogP contribution in [-0.2, 0) is 14.6 Å². The molecule has 1 atom stereocenters. The molecule has 126 valence electrons. The molecule has 3 N–H and O–H groups in total. The third kappa shape index (κ3) is 8.12. The summed E-state index contributed by atoms with van der Waals surface area (Å²) in [5, 5.41) is 2.73. The van der Waals surface area contributed by atoms with Crippen LogP contribution in [0.25, 0.3) is 0 Å². The van der Waals surface area contributed by atoms with Gasteiger partial charge in [0.2, 0.25) is 5.91 Å². The summed E-state index contributed by atoms with van der Waals surface area (Å²) in [6, 6.07) is 6.54. The van der Waals surface area contributed by atoms with Gasteiger partial charge in [0.1, 0.15) is 0 Å². The van der Waals surface area contributed by atoms with E-state index in [1.54, 1.807) is 24.3 Å². The maximum atomic E-state index is 12.1. The van der Waals surface area contributed by atoms with Crippen molar-refractivity contribution in [2.75, 3.05) is 12.3 Å². The molecule has 1 rings (SSSR count). The molecule has 1 unspecified atom stereocenters. The maximum Gasteiger partial charge on any atom is 0.220 e. The van der Waals surface area contributed by atoms with Gasteiger partial charge in [0.15, 0.2) is 9.84 Å². The second-order valence-electron chi connectivity index (χ2n) is 4.99. The number of hydrogen-bond donors (Lipinski definition) is 2. The van der Waals surface area contributed by atoms with Crippen molar-refractivity contribution < 1.29 is 13.2 Å². The monoisotopic (exact) mass is 412 g/mol. The van der Waals surface area contributed by atoms with E-state index in [1.807, 2.05) is 6.92 Å². The molecule has 0 saturated heterocycles. The molecule has 5 nitrogen and oxygen atoms in total. The van der Waals surface area contributed by atoms with Gasteiger partial charge >= 0.3 is 0 Å². The molecule has 0 aliphatic rings. The van der Waals surface area contributed by atoms with Gasteiger partial charge in [-0.3, -0.25) is 4.79 Å². The topological polar surface area (TPSA) is 89.3 Å². The van der Waals surface area contributed by atoms with E-state index in [1.165, 1.54) is 0 Å². The molecule has 0 aliphatic carbocycles. The van der Waals surface area contributed by atoms with E-state index in [4.69, 9.17) is 5.73 Å². The highest BCUT2D eigenvalue weighted by Crippen LogP contribution is 2.16. The normalized spacial score (nSPS) is 12.3. The first-order valence-corrected chi connectivity index (χ1v) is 9.26. The van der Waals surface area contributed by atoms with E-state index in [0.717, 1.165) is 4.47 Å². The van der Waals surface area contributed by atoms with Gasteiger partial charge in [0, 0.05) is 23.5 Å². The van der Waals surface area contributed by atoms with Gasteiger partial charge in [0.05, 0.1) is 10.6 Å². The van der Waals surface area contributed by atoms with Gasteiger partial charge in [-0.2, -0.15) is 0 Å². The average molecular weight is 414 g/mol. The second-order valence-corrected chi connectivity index (χ2v) is 8.02. The van der Waals surface area contributed by atoms with E-state index in [9.17, 15) is 13.2 Å². The highest BCUT2D eigenvalue weighted by Gasteiger charge is 2.14. The SMILES string of the molecule is CC(N)CCNC(=O)CCCS(=O)(=O)c1ccc(Br)cc1.Cl. The number of carbonyl (C=O) groups excluding carboxylic acids is 1. The van der Waals surface area contributed by atoms with E-state index >= 15 is 0 Å². The molecule has 0 spiro atoms. The number of hydrogen-bond acceptors (Lipinski definition) is 4. The molecule has 0 fully saturated rings. The van der Waals surface area contributed by atoms with Crippen LogP contribution in [0.3, 0.4) is 0 Å². The first-order valence-electron chi connectivity index (χ1n) is 6.82. The number of nitrogens with one attached hydrogen (secondary N) is 1. The van der Waals surface area contributed by atoms with Crippen LogP contribution in [0.4, 0.5) is 0 Å². The molecule has 0 bridgehead atoms. The third-order valence-electron chi connectivity index (χ3n) is 2.91. The minimum atomic E-state index is -3.33.